The van der Waals surface area contributed by atoms with Crippen molar-refractivity contribution in [3.63, 3.8) is 0 Å². The number of nitrogens with zero attached hydrogens (tertiary/aromatic N) is 2. The van der Waals surface area contributed by atoms with Crippen LogP contribution in [0.2, 0.25) is 0 Å². The van der Waals surface area contributed by atoms with E-state index in [0.29, 0.717) is 34.0 Å². The standard InChI is InChI=1S/C15H13F2N5OS2/c16-14(17)25-10-5-2-1-4-9(10)19-15(23)18-8-12-20-13(22-21-12)11-6-3-7-24-11/h1-7,14H,8H2,(H2,18,19,23)(H,20,21,22). The van der Waals surface area contributed by atoms with Gasteiger partial charge in [0.15, 0.2) is 5.82 Å². The maximum absolute atomic E-state index is 12.5. The van der Waals surface area contributed by atoms with Crippen molar-refractivity contribution in [1.29, 1.82) is 0 Å². The number of rotatable bonds is 6. The van der Waals surface area contributed by atoms with Crippen LogP contribution >= 0.6 is 23.1 Å². The van der Waals surface area contributed by atoms with Gasteiger partial charge < -0.3 is 10.6 Å². The molecule has 0 aliphatic rings. The molecular formula is C15H13F2N5OS2. The first-order chi connectivity index (χ1) is 12.1. The van der Waals surface area contributed by atoms with Crippen molar-refractivity contribution in [2.24, 2.45) is 0 Å². The third kappa shape index (κ3) is 4.77. The molecule has 0 saturated carbocycles. The third-order valence-electron chi connectivity index (χ3n) is 3.04. The van der Waals surface area contributed by atoms with E-state index in [1.807, 2.05) is 17.5 Å². The SMILES string of the molecule is O=C(NCc1nc(-c2cccs2)n[nH]1)Nc1ccccc1SC(F)F. The van der Waals surface area contributed by atoms with E-state index < -0.39 is 11.8 Å². The average Bonchev–Trinajstić information content (AvgIpc) is 3.25. The van der Waals surface area contributed by atoms with Crippen molar-refractivity contribution in [3.8, 4) is 10.7 Å². The molecule has 2 aromatic heterocycles. The lowest BCUT2D eigenvalue weighted by Crippen LogP contribution is -2.28. The number of amides is 2. The quantitative estimate of drug-likeness (QED) is 0.560. The van der Waals surface area contributed by atoms with Gasteiger partial charge in [-0.2, -0.15) is 13.9 Å². The molecule has 2 amide bonds. The van der Waals surface area contributed by atoms with E-state index in [2.05, 4.69) is 25.8 Å². The minimum Gasteiger partial charge on any atom is -0.331 e. The Morgan fingerprint density at radius 2 is 2.12 bits per heavy atom. The van der Waals surface area contributed by atoms with Crippen molar-refractivity contribution >= 4 is 34.8 Å². The number of aromatic amines is 1. The maximum atomic E-state index is 12.5. The van der Waals surface area contributed by atoms with Crippen LogP contribution in [0.1, 0.15) is 5.82 Å². The monoisotopic (exact) mass is 381 g/mol. The second-order valence-electron chi connectivity index (χ2n) is 4.77. The number of nitrogens with one attached hydrogen (secondary N) is 3. The summed E-state index contributed by atoms with van der Waals surface area (Å²) in [4.78, 5) is 17.5. The van der Waals surface area contributed by atoms with Crippen LogP contribution in [0.15, 0.2) is 46.7 Å². The fourth-order valence-corrected chi connectivity index (χ4v) is 3.24. The van der Waals surface area contributed by atoms with Gasteiger partial charge in [-0.25, -0.2) is 9.78 Å². The molecule has 3 N–H and O–H groups in total. The molecule has 0 aliphatic heterocycles. The number of carbonyl (C=O) groups is 1. The summed E-state index contributed by atoms with van der Waals surface area (Å²) in [5, 5.41) is 13.9. The average molecular weight is 381 g/mol. The molecular weight excluding hydrogens is 368 g/mol. The third-order valence-corrected chi connectivity index (χ3v) is 4.69. The Morgan fingerprint density at radius 3 is 2.88 bits per heavy atom. The highest BCUT2D eigenvalue weighted by Gasteiger charge is 2.12. The van der Waals surface area contributed by atoms with Gasteiger partial charge in [0.25, 0.3) is 5.76 Å². The number of carbonyl (C=O) groups excluding carboxylic acids is 1. The van der Waals surface area contributed by atoms with Crippen LogP contribution in [0.3, 0.4) is 0 Å². The summed E-state index contributed by atoms with van der Waals surface area (Å²) in [7, 11) is 0. The summed E-state index contributed by atoms with van der Waals surface area (Å²) < 4.78 is 25.1. The van der Waals surface area contributed by atoms with Crippen molar-refractivity contribution in [2.75, 3.05) is 5.32 Å². The predicted octanol–water partition coefficient (Wildman–Crippen LogP) is 4.17. The van der Waals surface area contributed by atoms with Gasteiger partial charge in [-0.1, -0.05) is 30.0 Å². The number of thiophene rings is 1. The van der Waals surface area contributed by atoms with Gasteiger partial charge >= 0.3 is 6.03 Å². The van der Waals surface area contributed by atoms with Crippen LogP contribution in [-0.4, -0.2) is 27.0 Å². The fourth-order valence-electron chi connectivity index (χ4n) is 1.99. The molecule has 130 valence electrons. The fraction of sp³-hybridized carbons (Fsp3) is 0.133. The molecule has 0 aliphatic carbocycles. The molecule has 0 radical (unpaired) electrons. The number of para-hydroxylation sites is 1. The van der Waals surface area contributed by atoms with Gasteiger partial charge in [0.2, 0.25) is 0 Å². The molecule has 10 heteroatoms. The van der Waals surface area contributed by atoms with Crippen LogP contribution in [0.25, 0.3) is 10.7 Å². The molecule has 0 saturated heterocycles. The first-order valence-electron chi connectivity index (χ1n) is 7.15. The van der Waals surface area contributed by atoms with E-state index in [0.717, 1.165) is 4.88 Å². The molecule has 3 aromatic rings. The molecule has 0 unspecified atom stereocenters. The molecule has 0 spiro atoms. The van der Waals surface area contributed by atoms with Crippen molar-refractivity contribution in [1.82, 2.24) is 20.5 Å². The zero-order valence-corrected chi connectivity index (χ0v) is 14.3. The zero-order chi connectivity index (χ0) is 17.6. The number of urea groups is 1. The number of H-pyrrole nitrogens is 1. The number of anilines is 1. The molecule has 3 rings (SSSR count). The maximum Gasteiger partial charge on any atom is 0.319 e. The van der Waals surface area contributed by atoms with Crippen molar-refractivity contribution in [3.05, 3.63) is 47.6 Å². The predicted molar refractivity (Wildman–Crippen MR) is 93.9 cm³/mol. The molecule has 1 aromatic carbocycles. The molecule has 6 nitrogen and oxygen atoms in total. The smallest absolute Gasteiger partial charge is 0.319 e. The van der Waals surface area contributed by atoms with E-state index in [1.165, 1.54) is 17.4 Å². The first-order valence-corrected chi connectivity index (χ1v) is 8.91. The lowest BCUT2D eigenvalue weighted by atomic mass is 10.3. The Labute approximate surface area is 150 Å². The Balaban J connectivity index is 1.57. The Hall–Kier alpha value is -2.46. The minimum atomic E-state index is -2.56. The number of alkyl halides is 2. The highest BCUT2D eigenvalue weighted by Crippen LogP contribution is 2.31. The van der Waals surface area contributed by atoms with E-state index >= 15 is 0 Å². The van der Waals surface area contributed by atoms with E-state index in [1.54, 1.807) is 18.2 Å². The number of hydrogen-bond acceptors (Lipinski definition) is 5. The number of benzene rings is 1. The van der Waals surface area contributed by atoms with Gasteiger partial charge in [0.1, 0.15) is 5.82 Å². The number of halogens is 2. The second-order valence-corrected chi connectivity index (χ2v) is 6.74. The normalized spacial score (nSPS) is 10.8. The van der Waals surface area contributed by atoms with Gasteiger partial charge in [-0.15, -0.1) is 11.3 Å². The highest BCUT2D eigenvalue weighted by molar-refractivity contribution is 7.99. The first kappa shape index (κ1) is 17.4. The molecule has 25 heavy (non-hydrogen) atoms. The summed E-state index contributed by atoms with van der Waals surface area (Å²) in [5.41, 5.74) is 0.321. The summed E-state index contributed by atoms with van der Waals surface area (Å²) >= 11 is 1.89. The Bertz CT molecular complexity index is 838. The zero-order valence-electron chi connectivity index (χ0n) is 12.7. The van der Waals surface area contributed by atoms with E-state index in [9.17, 15) is 13.6 Å². The van der Waals surface area contributed by atoms with Crippen LogP contribution in [0, 0.1) is 0 Å². The lowest BCUT2D eigenvalue weighted by molar-refractivity contribution is 0.250. The Morgan fingerprint density at radius 1 is 1.28 bits per heavy atom. The lowest BCUT2D eigenvalue weighted by Gasteiger charge is -2.10. The van der Waals surface area contributed by atoms with Gasteiger partial charge in [0, 0.05) is 4.90 Å². The number of thioether (sulfide) groups is 1. The van der Waals surface area contributed by atoms with Crippen LogP contribution < -0.4 is 10.6 Å². The van der Waals surface area contributed by atoms with Gasteiger partial charge in [0.05, 0.1) is 17.1 Å². The largest absolute Gasteiger partial charge is 0.331 e. The van der Waals surface area contributed by atoms with E-state index in [-0.39, 0.29) is 6.54 Å². The Kier molecular flexibility index (Phi) is 5.61. The topological polar surface area (TPSA) is 82.7 Å². The second kappa shape index (κ2) is 8.08. The van der Waals surface area contributed by atoms with Crippen LogP contribution in [-0.2, 0) is 6.54 Å². The molecule has 0 fully saturated rings. The van der Waals surface area contributed by atoms with Crippen molar-refractivity contribution in [2.45, 2.75) is 17.2 Å². The van der Waals surface area contributed by atoms with Crippen LogP contribution in [0.4, 0.5) is 19.3 Å². The minimum absolute atomic E-state index is 0.133. The molecule has 2 heterocycles. The van der Waals surface area contributed by atoms with Gasteiger partial charge in [-0.05, 0) is 23.6 Å². The van der Waals surface area contributed by atoms with Crippen LogP contribution in [0.5, 0.6) is 0 Å². The summed E-state index contributed by atoms with van der Waals surface area (Å²) in [6.07, 6.45) is 0. The highest BCUT2D eigenvalue weighted by atomic mass is 32.2. The number of aromatic nitrogens is 3. The summed E-state index contributed by atoms with van der Waals surface area (Å²) in [6.45, 7) is 0.133. The van der Waals surface area contributed by atoms with Crippen molar-refractivity contribution < 1.29 is 13.6 Å². The molecule has 0 atom stereocenters. The van der Waals surface area contributed by atoms with E-state index in [4.69, 9.17) is 0 Å². The number of hydrogen-bond donors (Lipinski definition) is 3. The van der Waals surface area contributed by atoms with Gasteiger partial charge in [-0.3, -0.25) is 5.10 Å². The summed E-state index contributed by atoms with van der Waals surface area (Å²) in [6, 6.07) is 9.66. The molecule has 0 bridgehead atoms. The summed E-state index contributed by atoms with van der Waals surface area (Å²) in [5.74, 6) is -1.50.